The van der Waals surface area contributed by atoms with E-state index in [9.17, 15) is 4.79 Å². The van der Waals surface area contributed by atoms with Crippen LogP contribution in [0, 0.1) is 0 Å². The number of thiophene rings is 1. The number of benzene rings is 1. The minimum atomic E-state index is -0.0697. The highest BCUT2D eigenvalue weighted by Gasteiger charge is 2.22. The average Bonchev–Trinajstić information content (AvgIpc) is 2.91. The van der Waals surface area contributed by atoms with Crippen LogP contribution in [-0.4, -0.2) is 31.1 Å². The lowest BCUT2D eigenvalue weighted by Gasteiger charge is -2.23. The normalized spacial score (nSPS) is 13.0. The molecular formula is C15H14BrNO3S. The van der Waals surface area contributed by atoms with E-state index in [4.69, 9.17) is 9.47 Å². The molecule has 0 fully saturated rings. The van der Waals surface area contributed by atoms with E-state index in [0.717, 1.165) is 9.35 Å². The van der Waals surface area contributed by atoms with Crippen LogP contribution < -0.4 is 9.47 Å². The number of ether oxygens (including phenoxy) is 2. The van der Waals surface area contributed by atoms with Gasteiger partial charge in [0.15, 0.2) is 11.5 Å². The van der Waals surface area contributed by atoms with E-state index in [1.165, 1.54) is 0 Å². The summed E-state index contributed by atoms with van der Waals surface area (Å²) in [6, 6.07) is 7.43. The van der Waals surface area contributed by atoms with Gasteiger partial charge in [0.05, 0.1) is 9.35 Å². The first-order chi connectivity index (χ1) is 10.1. The Hall–Kier alpha value is -1.53. The summed E-state index contributed by atoms with van der Waals surface area (Å²) in [5, 5.41) is 2.04. The van der Waals surface area contributed by atoms with Crippen molar-refractivity contribution in [2.24, 2.45) is 0 Å². The maximum atomic E-state index is 12.6. The van der Waals surface area contributed by atoms with E-state index in [2.05, 4.69) is 15.9 Å². The molecule has 1 aromatic carbocycles. The largest absolute Gasteiger partial charge is 0.486 e. The van der Waals surface area contributed by atoms with Crippen LogP contribution in [0.4, 0.5) is 0 Å². The zero-order valence-electron chi connectivity index (χ0n) is 11.5. The van der Waals surface area contributed by atoms with Crippen molar-refractivity contribution in [2.45, 2.75) is 6.54 Å². The molecule has 0 bridgehead atoms. The first-order valence-corrected chi connectivity index (χ1v) is 8.19. The Kier molecular flexibility index (Phi) is 4.17. The molecule has 0 saturated carbocycles. The topological polar surface area (TPSA) is 38.8 Å². The standard InChI is InChI=1S/C15H14BrNO3S/c1-17(8-10-7-13(16)21-9-10)15(18)11-3-2-4-12-14(11)20-6-5-19-12/h2-4,7,9H,5-6,8H2,1H3. The lowest BCUT2D eigenvalue weighted by atomic mass is 10.1. The molecule has 2 aromatic rings. The molecule has 0 saturated heterocycles. The fourth-order valence-corrected chi connectivity index (χ4v) is 3.42. The summed E-state index contributed by atoms with van der Waals surface area (Å²) in [5.74, 6) is 1.12. The molecule has 2 heterocycles. The maximum absolute atomic E-state index is 12.6. The van der Waals surface area contributed by atoms with Gasteiger partial charge in [-0.2, -0.15) is 0 Å². The van der Waals surface area contributed by atoms with Gasteiger partial charge < -0.3 is 14.4 Å². The monoisotopic (exact) mass is 367 g/mol. The molecule has 0 atom stereocenters. The number of fused-ring (bicyclic) bond motifs is 1. The van der Waals surface area contributed by atoms with Crippen molar-refractivity contribution >= 4 is 33.2 Å². The Bertz CT molecular complexity index is 671. The van der Waals surface area contributed by atoms with Gasteiger partial charge in [0.1, 0.15) is 13.2 Å². The summed E-state index contributed by atoms with van der Waals surface area (Å²) >= 11 is 5.04. The Morgan fingerprint density at radius 2 is 2.19 bits per heavy atom. The molecule has 6 heteroatoms. The first kappa shape index (κ1) is 14.4. The molecule has 0 unspecified atom stereocenters. The summed E-state index contributed by atoms with van der Waals surface area (Å²) in [6.07, 6.45) is 0. The molecule has 0 N–H and O–H groups in total. The number of hydrogen-bond acceptors (Lipinski definition) is 4. The molecule has 1 amide bonds. The Labute approximate surface area is 135 Å². The van der Waals surface area contributed by atoms with Gasteiger partial charge in [-0.05, 0) is 45.1 Å². The molecule has 1 aliphatic heterocycles. The van der Waals surface area contributed by atoms with Crippen LogP contribution in [0.15, 0.2) is 33.4 Å². The number of hydrogen-bond donors (Lipinski definition) is 0. The van der Waals surface area contributed by atoms with Crippen LogP contribution in [-0.2, 0) is 6.54 Å². The zero-order valence-corrected chi connectivity index (χ0v) is 13.9. The quantitative estimate of drug-likeness (QED) is 0.832. The SMILES string of the molecule is CN(Cc1csc(Br)c1)C(=O)c1cccc2c1OCCO2. The second kappa shape index (κ2) is 6.07. The predicted octanol–water partition coefficient (Wildman–Crippen LogP) is 3.55. The average molecular weight is 368 g/mol. The summed E-state index contributed by atoms with van der Waals surface area (Å²) in [5.41, 5.74) is 1.65. The highest BCUT2D eigenvalue weighted by atomic mass is 79.9. The summed E-state index contributed by atoms with van der Waals surface area (Å²) < 4.78 is 12.2. The van der Waals surface area contributed by atoms with E-state index in [0.29, 0.717) is 36.8 Å². The highest BCUT2D eigenvalue weighted by Crippen LogP contribution is 2.34. The predicted molar refractivity (Wildman–Crippen MR) is 85.2 cm³/mol. The lowest BCUT2D eigenvalue weighted by Crippen LogP contribution is -2.27. The van der Waals surface area contributed by atoms with Crippen LogP contribution in [0.3, 0.4) is 0 Å². The van der Waals surface area contributed by atoms with Gasteiger partial charge >= 0.3 is 0 Å². The van der Waals surface area contributed by atoms with Gasteiger partial charge in [-0.15, -0.1) is 11.3 Å². The second-order valence-electron chi connectivity index (χ2n) is 4.75. The van der Waals surface area contributed by atoms with E-state index in [1.807, 2.05) is 23.6 Å². The number of rotatable bonds is 3. The van der Waals surface area contributed by atoms with Crippen molar-refractivity contribution in [1.82, 2.24) is 4.90 Å². The van der Waals surface area contributed by atoms with Crippen molar-refractivity contribution in [1.29, 1.82) is 0 Å². The van der Waals surface area contributed by atoms with Gasteiger partial charge in [-0.25, -0.2) is 0 Å². The van der Waals surface area contributed by atoms with E-state index in [-0.39, 0.29) is 5.91 Å². The van der Waals surface area contributed by atoms with Gasteiger partial charge in [0, 0.05) is 13.6 Å². The highest BCUT2D eigenvalue weighted by molar-refractivity contribution is 9.11. The molecule has 21 heavy (non-hydrogen) atoms. The van der Waals surface area contributed by atoms with Crippen molar-refractivity contribution < 1.29 is 14.3 Å². The van der Waals surface area contributed by atoms with Gasteiger partial charge in [0.25, 0.3) is 5.91 Å². The van der Waals surface area contributed by atoms with Gasteiger partial charge in [-0.3, -0.25) is 4.79 Å². The minimum Gasteiger partial charge on any atom is -0.486 e. The Morgan fingerprint density at radius 3 is 2.95 bits per heavy atom. The van der Waals surface area contributed by atoms with Crippen LogP contribution >= 0.6 is 27.3 Å². The van der Waals surface area contributed by atoms with Crippen molar-refractivity contribution in [3.05, 3.63) is 44.6 Å². The van der Waals surface area contributed by atoms with E-state index < -0.39 is 0 Å². The molecular weight excluding hydrogens is 354 g/mol. The Morgan fingerprint density at radius 1 is 1.38 bits per heavy atom. The molecule has 0 aliphatic carbocycles. The molecule has 4 nitrogen and oxygen atoms in total. The third-order valence-corrected chi connectivity index (χ3v) is 4.74. The fourth-order valence-electron chi connectivity index (χ4n) is 2.22. The zero-order chi connectivity index (χ0) is 14.8. The third kappa shape index (κ3) is 3.06. The molecule has 3 rings (SSSR count). The van der Waals surface area contributed by atoms with Crippen molar-refractivity contribution in [2.75, 3.05) is 20.3 Å². The van der Waals surface area contributed by atoms with Crippen LogP contribution in [0.25, 0.3) is 0 Å². The summed E-state index contributed by atoms with van der Waals surface area (Å²) in [4.78, 5) is 14.3. The number of carbonyl (C=O) groups is 1. The summed E-state index contributed by atoms with van der Waals surface area (Å²) in [7, 11) is 1.79. The second-order valence-corrected chi connectivity index (χ2v) is 7.04. The molecule has 1 aromatic heterocycles. The molecule has 110 valence electrons. The fraction of sp³-hybridized carbons (Fsp3) is 0.267. The molecule has 1 aliphatic rings. The minimum absolute atomic E-state index is 0.0697. The van der Waals surface area contributed by atoms with Gasteiger partial charge in [0.2, 0.25) is 0 Å². The van der Waals surface area contributed by atoms with E-state index in [1.54, 1.807) is 29.4 Å². The van der Waals surface area contributed by atoms with Crippen LogP contribution in [0.5, 0.6) is 11.5 Å². The number of nitrogens with zero attached hydrogens (tertiary/aromatic N) is 1. The Balaban J connectivity index is 1.81. The summed E-state index contributed by atoms with van der Waals surface area (Å²) in [6.45, 7) is 1.55. The lowest BCUT2D eigenvalue weighted by molar-refractivity contribution is 0.0774. The number of carbonyl (C=O) groups excluding carboxylic acids is 1. The number of amides is 1. The van der Waals surface area contributed by atoms with E-state index >= 15 is 0 Å². The number of halogens is 1. The molecule has 0 spiro atoms. The van der Waals surface area contributed by atoms with Gasteiger partial charge in [-0.1, -0.05) is 6.07 Å². The van der Waals surface area contributed by atoms with Crippen molar-refractivity contribution in [3.8, 4) is 11.5 Å². The van der Waals surface area contributed by atoms with Crippen LogP contribution in [0.2, 0.25) is 0 Å². The smallest absolute Gasteiger partial charge is 0.257 e. The van der Waals surface area contributed by atoms with Crippen molar-refractivity contribution in [3.63, 3.8) is 0 Å². The number of para-hydroxylation sites is 1. The molecule has 0 radical (unpaired) electrons. The third-order valence-electron chi connectivity index (χ3n) is 3.18. The first-order valence-electron chi connectivity index (χ1n) is 6.52. The van der Waals surface area contributed by atoms with Crippen LogP contribution in [0.1, 0.15) is 15.9 Å². The maximum Gasteiger partial charge on any atom is 0.257 e.